The van der Waals surface area contributed by atoms with Gasteiger partial charge in [0.1, 0.15) is 5.78 Å². The first kappa shape index (κ1) is 16.6. The third-order valence-corrected chi connectivity index (χ3v) is 3.00. The highest BCUT2D eigenvalue weighted by atomic mass is 16.4. The molecule has 0 radical (unpaired) electrons. The molecular weight excluding hydrogens is 272 g/mol. The standard InChI is InChI=1S/C16H18O5/c1-2-6-12(17)10-14(16(20)21)13(15(18)19)9-11-7-4-3-5-8-11/h3-5,7-9,14H,2,6,10H2,1H3,(H,18,19)(H,20,21). The van der Waals surface area contributed by atoms with E-state index in [0.29, 0.717) is 12.0 Å². The SMILES string of the molecule is CCCC(=O)CC(C(=O)O)C(=Cc1ccccc1)C(=O)O. The van der Waals surface area contributed by atoms with Gasteiger partial charge in [0.05, 0.1) is 11.5 Å². The molecule has 0 aliphatic heterocycles. The molecule has 0 amide bonds. The summed E-state index contributed by atoms with van der Waals surface area (Å²) in [5, 5.41) is 18.5. The summed E-state index contributed by atoms with van der Waals surface area (Å²) in [6.45, 7) is 1.81. The second kappa shape index (κ2) is 7.99. The Kier molecular flexibility index (Phi) is 6.33. The highest BCUT2D eigenvalue weighted by Gasteiger charge is 2.29. The van der Waals surface area contributed by atoms with E-state index in [9.17, 15) is 24.6 Å². The first-order valence-corrected chi connectivity index (χ1v) is 6.70. The van der Waals surface area contributed by atoms with Crippen LogP contribution in [-0.4, -0.2) is 27.9 Å². The van der Waals surface area contributed by atoms with Crippen LogP contribution in [0.4, 0.5) is 0 Å². The Hall–Kier alpha value is -2.43. The van der Waals surface area contributed by atoms with E-state index >= 15 is 0 Å². The lowest BCUT2D eigenvalue weighted by molar-refractivity contribution is -0.145. The topological polar surface area (TPSA) is 91.7 Å². The number of aliphatic carboxylic acids is 2. The van der Waals surface area contributed by atoms with Crippen molar-refractivity contribution in [3.8, 4) is 0 Å². The van der Waals surface area contributed by atoms with E-state index in [1.165, 1.54) is 6.08 Å². The van der Waals surface area contributed by atoms with Crippen LogP contribution < -0.4 is 0 Å². The second-order valence-electron chi connectivity index (χ2n) is 4.70. The summed E-state index contributed by atoms with van der Waals surface area (Å²) in [5.74, 6) is -4.20. The maximum atomic E-state index is 11.7. The molecule has 1 unspecified atom stereocenters. The highest BCUT2D eigenvalue weighted by Crippen LogP contribution is 2.21. The first-order valence-electron chi connectivity index (χ1n) is 6.70. The molecule has 0 spiro atoms. The van der Waals surface area contributed by atoms with Gasteiger partial charge in [-0.2, -0.15) is 0 Å². The molecule has 112 valence electrons. The van der Waals surface area contributed by atoms with Gasteiger partial charge in [-0.3, -0.25) is 9.59 Å². The van der Waals surface area contributed by atoms with Gasteiger partial charge in [0, 0.05) is 12.8 Å². The van der Waals surface area contributed by atoms with Crippen LogP contribution in [0.25, 0.3) is 6.08 Å². The Balaban J connectivity index is 3.10. The predicted octanol–water partition coefficient (Wildman–Crippen LogP) is 2.61. The third kappa shape index (κ3) is 5.22. The molecule has 0 fully saturated rings. The summed E-state index contributed by atoms with van der Waals surface area (Å²) in [5.41, 5.74) is 0.308. The van der Waals surface area contributed by atoms with E-state index in [4.69, 9.17) is 0 Å². The van der Waals surface area contributed by atoms with E-state index in [0.717, 1.165) is 0 Å². The van der Waals surface area contributed by atoms with Gasteiger partial charge in [-0.1, -0.05) is 37.3 Å². The number of carboxylic acid groups (broad SMARTS) is 2. The fourth-order valence-electron chi connectivity index (χ4n) is 1.98. The number of hydrogen-bond donors (Lipinski definition) is 2. The van der Waals surface area contributed by atoms with E-state index in [2.05, 4.69) is 0 Å². The fraction of sp³-hybridized carbons (Fsp3) is 0.312. The van der Waals surface area contributed by atoms with Crippen molar-refractivity contribution >= 4 is 23.8 Å². The lowest BCUT2D eigenvalue weighted by Crippen LogP contribution is -2.24. The van der Waals surface area contributed by atoms with Crippen LogP contribution in [0.15, 0.2) is 35.9 Å². The average Bonchev–Trinajstić information content (AvgIpc) is 2.43. The minimum atomic E-state index is -1.33. The summed E-state index contributed by atoms with van der Waals surface area (Å²) < 4.78 is 0. The summed E-state index contributed by atoms with van der Waals surface area (Å²) in [6, 6.07) is 8.58. The number of hydrogen-bond acceptors (Lipinski definition) is 3. The van der Waals surface area contributed by atoms with Crippen LogP contribution in [0.5, 0.6) is 0 Å². The molecule has 5 heteroatoms. The van der Waals surface area contributed by atoms with Crippen molar-refractivity contribution in [3.05, 3.63) is 41.5 Å². The Morgan fingerprint density at radius 2 is 1.76 bits per heavy atom. The predicted molar refractivity (Wildman–Crippen MR) is 77.7 cm³/mol. The summed E-state index contributed by atoms with van der Waals surface area (Å²) in [7, 11) is 0. The molecular formula is C16H18O5. The van der Waals surface area contributed by atoms with Crippen molar-refractivity contribution in [2.45, 2.75) is 26.2 Å². The minimum Gasteiger partial charge on any atom is -0.481 e. The van der Waals surface area contributed by atoms with Crippen molar-refractivity contribution in [1.82, 2.24) is 0 Å². The van der Waals surface area contributed by atoms with Gasteiger partial charge >= 0.3 is 11.9 Å². The van der Waals surface area contributed by atoms with Crippen molar-refractivity contribution in [3.63, 3.8) is 0 Å². The molecule has 1 atom stereocenters. The number of carboxylic acids is 2. The number of benzene rings is 1. The van der Waals surface area contributed by atoms with E-state index in [1.807, 2.05) is 6.92 Å². The third-order valence-electron chi connectivity index (χ3n) is 3.00. The molecule has 0 heterocycles. The monoisotopic (exact) mass is 290 g/mol. The van der Waals surface area contributed by atoms with Crippen molar-refractivity contribution in [2.24, 2.45) is 5.92 Å². The molecule has 1 aromatic rings. The van der Waals surface area contributed by atoms with Gasteiger partial charge in [-0.05, 0) is 18.1 Å². The molecule has 0 aromatic heterocycles. The van der Waals surface area contributed by atoms with Crippen LogP contribution in [0.3, 0.4) is 0 Å². The number of carbonyl (C=O) groups is 3. The van der Waals surface area contributed by atoms with Gasteiger partial charge in [0.25, 0.3) is 0 Å². The Labute approximate surface area is 122 Å². The number of ketones is 1. The molecule has 21 heavy (non-hydrogen) atoms. The van der Waals surface area contributed by atoms with Gasteiger partial charge in [0.2, 0.25) is 0 Å². The molecule has 0 saturated carbocycles. The fourth-order valence-corrected chi connectivity index (χ4v) is 1.98. The summed E-state index contributed by atoms with van der Waals surface area (Å²) in [4.78, 5) is 34.3. The van der Waals surface area contributed by atoms with Crippen molar-refractivity contribution < 1.29 is 24.6 Å². The smallest absolute Gasteiger partial charge is 0.332 e. The van der Waals surface area contributed by atoms with Gasteiger partial charge < -0.3 is 10.2 Å². The second-order valence-corrected chi connectivity index (χ2v) is 4.70. The van der Waals surface area contributed by atoms with Gasteiger partial charge in [-0.25, -0.2) is 4.79 Å². The molecule has 0 aliphatic rings. The Morgan fingerprint density at radius 1 is 1.14 bits per heavy atom. The van der Waals surface area contributed by atoms with E-state index in [1.54, 1.807) is 30.3 Å². The summed E-state index contributed by atoms with van der Waals surface area (Å²) in [6.07, 6.45) is 1.87. The highest BCUT2D eigenvalue weighted by molar-refractivity contribution is 6.00. The Bertz CT molecular complexity index is 545. The van der Waals surface area contributed by atoms with E-state index in [-0.39, 0.29) is 24.2 Å². The summed E-state index contributed by atoms with van der Waals surface area (Å²) >= 11 is 0. The van der Waals surface area contributed by atoms with Gasteiger partial charge in [-0.15, -0.1) is 0 Å². The van der Waals surface area contributed by atoms with Crippen molar-refractivity contribution in [1.29, 1.82) is 0 Å². The Morgan fingerprint density at radius 3 is 2.24 bits per heavy atom. The van der Waals surface area contributed by atoms with Gasteiger partial charge in [0.15, 0.2) is 0 Å². The molecule has 1 rings (SSSR count). The lowest BCUT2D eigenvalue weighted by Gasteiger charge is -2.12. The van der Waals surface area contributed by atoms with Crippen LogP contribution in [0.2, 0.25) is 0 Å². The molecule has 0 aliphatic carbocycles. The molecule has 2 N–H and O–H groups in total. The quantitative estimate of drug-likeness (QED) is 0.718. The largest absolute Gasteiger partial charge is 0.481 e. The number of Topliss-reactive ketones (excluding diaryl/α,β-unsaturated/α-hetero) is 1. The number of rotatable bonds is 8. The molecule has 5 nitrogen and oxygen atoms in total. The van der Waals surface area contributed by atoms with Crippen LogP contribution in [0, 0.1) is 5.92 Å². The average molecular weight is 290 g/mol. The van der Waals surface area contributed by atoms with Crippen LogP contribution in [-0.2, 0) is 14.4 Å². The molecule has 0 bridgehead atoms. The van der Waals surface area contributed by atoms with Crippen LogP contribution >= 0.6 is 0 Å². The van der Waals surface area contributed by atoms with Crippen LogP contribution in [0.1, 0.15) is 31.7 Å². The molecule has 1 aromatic carbocycles. The zero-order chi connectivity index (χ0) is 15.8. The zero-order valence-corrected chi connectivity index (χ0v) is 11.8. The zero-order valence-electron chi connectivity index (χ0n) is 11.8. The maximum Gasteiger partial charge on any atom is 0.332 e. The minimum absolute atomic E-state index is 0.245. The first-order chi connectivity index (χ1) is 9.95. The molecule has 0 saturated heterocycles. The number of carbonyl (C=O) groups excluding carboxylic acids is 1. The maximum absolute atomic E-state index is 11.7. The normalized spacial score (nSPS) is 12.7. The lowest BCUT2D eigenvalue weighted by atomic mass is 9.91. The van der Waals surface area contributed by atoms with Crippen molar-refractivity contribution in [2.75, 3.05) is 0 Å². The van der Waals surface area contributed by atoms with E-state index < -0.39 is 17.9 Å².